The molecule has 2 atom stereocenters. The Morgan fingerprint density at radius 3 is 3.00 bits per heavy atom. The van der Waals surface area contributed by atoms with Crippen LogP contribution in [0.25, 0.3) is 22.3 Å². The average Bonchev–Trinajstić information content (AvgIpc) is 3.58. The van der Waals surface area contributed by atoms with Crippen molar-refractivity contribution in [1.29, 1.82) is 0 Å². The zero-order valence-corrected chi connectivity index (χ0v) is 17.9. The highest BCUT2D eigenvalue weighted by Gasteiger charge is 2.45. The number of hydrogen-bond donors (Lipinski definition) is 1. The van der Waals surface area contributed by atoms with E-state index < -0.39 is 11.6 Å². The van der Waals surface area contributed by atoms with Crippen LogP contribution in [0.3, 0.4) is 0 Å². The molecule has 33 heavy (non-hydrogen) atoms. The number of para-hydroxylation sites is 1. The van der Waals surface area contributed by atoms with Crippen LogP contribution in [0.2, 0.25) is 0 Å². The molecule has 1 saturated heterocycles. The van der Waals surface area contributed by atoms with E-state index in [1.165, 1.54) is 0 Å². The van der Waals surface area contributed by atoms with E-state index in [-0.39, 0.29) is 24.7 Å². The Balaban J connectivity index is 1.47. The lowest BCUT2D eigenvalue weighted by atomic mass is 9.86. The predicted molar refractivity (Wildman–Crippen MR) is 118 cm³/mol. The first-order valence-electron chi connectivity index (χ1n) is 10.9. The van der Waals surface area contributed by atoms with Crippen molar-refractivity contribution >= 4 is 23.1 Å². The van der Waals surface area contributed by atoms with Crippen molar-refractivity contribution in [3.8, 4) is 11.4 Å². The van der Waals surface area contributed by atoms with Crippen molar-refractivity contribution in [1.82, 2.24) is 9.55 Å². The molecule has 3 aliphatic heterocycles. The summed E-state index contributed by atoms with van der Waals surface area (Å²) >= 11 is 0. The van der Waals surface area contributed by atoms with Crippen LogP contribution in [-0.2, 0) is 37.9 Å². The van der Waals surface area contributed by atoms with Gasteiger partial charge in [0.25, 0.3) is 5.56 Å². The number of aliphatic hydroxyl groups is 1. The van der Waals surface area contributed by atoms with Crippen molar-refractivity contribution < 1.29 is 24.2 Å². The molecule has 0 saturated carbocycles. The Hall–Kier alpha value is -3.56. The number of esters is 1. The zero-order valence-electron chi connectivity index (χ0n) is 17.9. The van der Waals surface area contributed by atoms with Crippen molar-refractivity contribution in [2.75, 3.05) is 13.2 Å². The van der Waals surface area contributed by atoms with Crippen molar-refractivity contribution in [2.24, 2.45) is 5.16 Å². The largest absolute Gasteiger partial charge is 0.458 e. The monoisotopic (exact) mass is 447 g/mol. The second-order valence-corrected chi connectivity index (χ2v) is 8.50. The van der Waals surface area contributed by atoms with Crippen molar-refractivity contribution in [2.45, 2.75) is 38.2 Å². The Labute approximate surface area is 188 Å². The number of pyridine rings is 2. The first-order valence-corrected chi connectivity index (χ1v) is 10.9. The predicted octanol–water partition coefficient (Wildman–Crippen LogP) is 1.83. The third kappa shape index (κ3) is 3.07. The molecule has 0 spiro atoms. The maximum absolute atomic E-state index is 13.3. The number of oxime groups is 1. The summed E-state index contributed by atoms with van der Waals surface area (Å²) in [4.78, 5) is 35.7. The summed E-state index contributed by atoms with van der Waals surface area (Å²) in [6, 6.07) is 9.48. The average molecular weight is 447 g/mol. The normalized spacial score (nSPS) is 22.7. The Kier molecular flexibility index (Phi) is 4.40. The molecule has 3 aliphatic rings. The van der Waals surface area contributed by atoms with E-state index in [4.69, 9.17) is 19.3 Å². The number of epoxide rings is 1. The van der Waals surface area contributed by atoms with Crippen LogP contribution in [0.5, 0.6) is 0 Å². The molecule has 0 bridgehead atoms. The van der Waals surface area contributed by atoms with Crippen LogP contribution < -0.4 is 5.56 Å². The van der Waals surface area contributed by atoms with Gasteiger partial charge >= 0.3 is 5.97 Å². The number of cyclic esters (lactones) is 1. The summed E-state index contributed by atoms with van der Waals surface area (Å²) in [6.45, 7) is 3.01. The molecule has 1 aromatic carbocycles. The number of fused-ring (bicyclic) bond motifs is 5. The van der Waals surface area contributed by atoms with Crippen molar-refractivity contribution in [3.63, 3.8) is 0 Å². The van der Waals surface area contributed by atoms with Gasteiger partial charge in [0.05, 0.1) is 41.8 Å². The highest BCUT2D eigenvalue weighted by molar-refractivity contribution is 5.98. The van der Waals surface area contributed by atoms with Gasteiger partial charge in [-0.3, -0.25) is 4.79 Å². The lowest BCUT2D eigenvalue weighted by molar-refractivity contribution is -0.172. The molecule has 0 amide bonds. The number of benzene rings is 1. The molecule has 1 N–H and O–H groups in total. The van der Waals surface area contributed by atoms with Gasteiger partial charge in [-0.2, -0.15) is 0 Å². The fraction of sp³-hybridized carbons (Fsp3) is 0.333. The summed E-state index contributed by atoms with van der Waals surface area (Å²) < 4.78 is 11.9. The van der Waals surface area contributed by atoms with Gasteiger partial charge in [0, 0.05) is 22.1 Å². The molecule has 1 fully saturated rings. The summed E-state index contributed by atoms with van der Waals surface area (Å²) in [5, 5.41) is 16.0. The maximum atomic E-state index is 13.3. The minimum atomic E-state index is -1.84. The smallest absolute Gasteiger partial charge is 0.343 e. The lowest BCUT2D eigenvalue weighted by Gasteiger charge is -2.31. The quantitative estimate of drug-likeness (QED) is 0.215. The standard InChI is InChI=1S/C24H21N3O6/c1-2-24(30)18-7-19-21-15(9-27(19)22(28)17(18)12-32-23(24)29)6-13-4-3-5-14(20(13)26-21)8-25-33-11-16-10-31-16/h3-8,16,30H,2,9-12H2,1H3/b25-8+/t16?,24-/m0/s1. The van der Waals surface area contributed by atoms with Crippen LogP contribution in [0, 0.1) is 0 Å². The third-order valence-corrected chi connectivity index (χ3v) is 6.50. The minimum absolute atomic E-state index is 0.103. The van der Waals surface area contributed by atoms with Gasteiger partial charge in [0.1, 0.15) is 19.3 Å². The van der Waals surface area contributed by atoms with E-state index in [0.29, 0.717) is 42.3 Å². The molecule has 0 aliphatic carbocycles. The summed E-state index contributed by atoms with van der Waals surface area (Å²) in [5.74, 6) is -0.735. The number of rotatable bonds is 5. The van der Waals surface area contributed by atoms with E-state index in [1.807, 2.05) is 24.3 Å². The topological polar surface area (TPSA) is 116 Å². The number of hydrogen-bond acceptors (Lipinski definition) is 8. The van der Waals surface area contributed by atoms with E-state index in [2.05, 4.69) is 5.16 Å². The van der Waals surface area contributed by atoms with Crippen LogP contribution in [0.1, 0.15) is 35.6 Å². The molecule has 5 heterocycles. The fourth-order valence-electron chi connectivity index (χ4n) is 4.52. The molecular formula is C24H21N3O6. The molecule has 0 radical (unpaired) electrons. The Morgan fingerprint density at radius 1 is 1.36 bits per heavy atom. The molecule has 2 aromatic heterocycles. The lowest BCUT2D eigenvalue weighted by Crippen LogP contribution is -2.44. The SMILES string of the molecule is CC[C@@]1(O)C(=O)OCc2c1cc1n(c2=O)Cc2cc3cccc(/C=N/OCC4CO4)c3nc2-1. The van der Waals surface area contributed by atoms with E-state index in [0.717, 1.165) is 22.0 Å². The molecule has 9 nitrogen and oxygen atoms in total. The van der Waals surface area contributed by atoms with Gasteiger partial charge in [0.2, 0.25) is 0 Å². The summed E-state index contributed by atoms with van der Waals surface area (Å²) in [6.07, 6.45) is 1.84. The van der Waals surface area contributed by atoms with E-state index >= 15 is 0 Å². The van der Waals surface area contributed by atoms with Crippen LogP contribution >= 0.6 is 0 Å². The Bertz CT molecular complexity index is 1410. The molecule has 6 rings (SSSR count). The van der Waals surface area contributed by atoms with Crippen LogP contribution in [-0.4, -0.2) is 46.2 Å². The first-order chi connectivity index (χ1) is 16.0. The Morgan fingerprint density at radius 2 is 2.21 bits per heavy atom. The van der Waals surface area contributed by atoms with Crippen molar-refractivity contribution in [3.05, 3.63) is 62.9 Å². The minimum Gasteiger partial charge on any atom is -0.458 e. The van der Waals surface area contributed by atoms with E-state index in [1.54, 1.807) is 23.8 Å². The second-order valence-electron chi connectivity index (χ2n) is 8.50. The third-order valence-electron chi connectivity index (χ3n) is 6.50. The van der Waals surface area contributed by atoms with Crippen LogP contribution in [0.15, 0.2) is 40.3 Å². The molecule has 9 heteroatoms. The number of nitrogens with zero attached hydrogens (tertiary/aromatic N) is 3. The van der Waals surface area contributed by atoms with Gasteiger partial charge in [0.15, 0.2) is 5.60 Å². The first kappa shape index (κ1) is 20.1. The van der Waals surface area contributed by atoms with Gasteiger partial charge in [-0.15, -0.1) is 0 Å². The maximum Gasteiger partial charge on any atom is 0.343 e. The highest BCUT2D eigenvalue weighted by Crippen LogP contribution is 2.38. The number of carbonyl (C=O) groups excluding carboxylic acids is 1. The molecule has 3 aromatic rings. The van der Waals surface area contributed by atoms with Gasteiger partial charge < -0.3 is 24.0 Å². The molecule has 168 valence electrons. The summed E-state index contributed by atoms with van der Waals surface area (Å²) in [7, 11) is 0. The van der Waals surface area contributed by atoms with Gasteiger partial charge in [-0.05, 0) is 18.6 Å². The summed E-state index contributed by atoms with van der Waals surface area (Å²) in [5.41, 5.74) is 2.10. The second kappa shape index (κ2) is 7.23. The highest BCUT2D eigenvalue weighted by atomic mass is 16.7. The number of carbonyl (C=O) groups is 1. The molecular weight excluding hydrogens is 426 g/mol. The molecule has 1 unspecified atom stereocenters. The zero-order chi connectivity index (χ0) is 22.7. The van der Waals surface area contributed by atoms with Gasteiger partial charge in [-0.1, -0.05) is 30.3 Å². The number of aromatic nitrogens is 2. The van der Waals surface area contributed by atoms with Gasteiger partial charge in [-0.25, -0.2) is 9.78 Å². The van der Waals surface area contributed by atoms with E-state index in [9.17, 15) is 14.7 Å². The number of ether oxygens (including phenoxy) is 2. The van der Waals surface area contributed by atoms with Crippen LogP contribution in [0.4, 0.5) is 0 Å². The fourth-order valence-corrected chi connectivity index (χ4v) is 4.52.